The van der Waals surface area contributed by atoms with E-state index in [1.807, 2.05) is 25.1 Å². The molecule has 34 heavy (non-hydrogen) atoms. The zero-order chi connectivity index (χ0) is 24.4. The topological polar surface area (TPSA) is 93.4 Å². The molecule has 0 saturated carbocycles. The maximum atomic E-state index is 12.3. The Morgan fingerprint density at radius 3 is 2.50 bits per heavy atom. The van der Waals surface area contributed by atoms with E-state index in [1.165, 1.54) is 31.1 Å². The first-order valence-electron chi connectivity index (χ1n) is 11.4. The van der Waals surface area contributed by atoms with Crippen molar-refractivity contribution in [2.24, 2.45) is 5.73 Å². The number of nitrogens with one attached hydrogen (secondary N) is 1. The first-order chi connectivity index (χ1) is 16.3. The van der Waals surface area contributed by atoms with Crippen molar-refractivity contribution in [1.29, 1.82) is 0 Å². The molecule has 1 aromatic heterocycles. The first kappa shape index (κ1) is 24.0. The standard InChI is InChI=1S/C26H30ClN5O2/c1-15-6-5-7-20(27)21(15)23-22(24(28)33)25(34-4)31-26(30-23)29-18-8-9-19(16(2)14-18)17-10-12-32(3)13-11-17/h5-9,14,17H,10-13H2,1-4H3,(H2,28,33)(H,29,30,31). The largest absolute Gasteiger partial charge is 0.480 e. The Kier molecular flexibility index (Phi) is 7.05. The molecular weight excluding hydrogens is 450 g/mol. The van der Waals surface area contributed by atoms with Crippen molar-refractivity contribution in [3.8, 4) is 17.1 Å². The highest BCUT2D eigenvalue weighted by atomic mass is 35.5. The molecule has 1 aliphatic rings. The number of primary amides is 1. The van der Waals surface area contributed by atoms with Crippen molar-refractivity contribution >= 4 is 29.1 Å². The predicted octanol–water partition coefficient (Wildman–Crippen LogP) is 5.07. The molecule has 2 aromatic carbocycles. The molecule has 0 unspecified atom stereocenters. The maximum absolute atomic E-state index is 12.3. The summed E-state index contributed by atoms with van der Waals surface area (Å²) >= 11 is 6.49. The molecule has 0 bridgehead atoms. The molecule has 1 aliphatic heterocycles. The molecule has 0 atom stereocenters. The van der Waals surface area contributed by atoms with E-state index >= 15 is 0 Å². The molecule has 0 aliphatic carbocycles. The van der Waals surface area contributed by atoms with E-state index in [2.05, 4.69) is 46.3 Å². The number of ether oxygens (including phenoxy) is 1. The van der Waals surface area contributed by atoms with Crippen LogP contribution in [-0.4, -0.2) is 48.0 Å². The lowest BCUT2D eigenvalue weighted by Crippen LogP contribution is -2.29. The predicted molar refractivity (Wildman–Crippen MR) is 136 cm³/mol. The van der Waals surface area contributed by atoms with Crippen molar-refractivity contribution in [2.45, 2.75) is 32.6 Å². The van der Waals surface area contributed by atoms with Crippen molar-refractivity contribution < 1.29 is 9.53 Å². The summed E-state index contributed by atoms with van der Waals surface area (Å²) in [4.78, 5) is 23.7. The van der Waals surface area contributed by atoms with E-state index in [0.717, 1.165) is 24.3 Å². The molecule has 0 spiro atoms. The molecule has 2 heterocycles. The number of methoxy groups -OCH3 is 1. The van der Waals surface area contributed by atoms with Gasteiger partial charge in [-0.05, 0) is 87.6 Å². The highest BCUT2D eigenvalue weighted by Crippen LogP contribution is 2.36. The van der Waals surface area contributed by atoms with Gasteiger partial charge in [0.25, 0.3) is 5.91 Å². The van der Waals surface area contributed by atoms with E-state index in [4.69, 9.17) is 22.1 Å². The van der Waals surface area contributed by atoms with Gasteiger partial charge in [0.2, 0.25) is 11.8 Å². The lowest BCUT2D eigenvalue weighted by atomic mass is 9.87. The number of rotatable bonds is 6. The fraction of sp³-hybridized carbons (Fsp3) is 0.346. The van der Waals surface area contributed by atoms with Crippen LogP contribution >= 0.6 is 11.6 Å². The van der Waals surface area contributed by atoms with E-state index in [9.17, 15) is 4.79 Å². The number of likely N-dealkylation sites (tertiary alicyclic amines) is 1. The van der Waals surface area contributed by atoms with Gasteiger partial charge in [0.15, 0.2) is 0 Å². The summed E-state index contributed by atoms with van der Waals surface area (Å²) in [6.07, 6.45) is 2.33. The van der Waals surface area contributed by atoms with Crippen LogP contribution in [0.25, 0.3) is 11.3 Å². The summed E-state index contributed by atoms with van der Waals surface area (Å²) in [7, 11) is 3.62. The molecule has 0 radical (unpaired) electrons. The van der Waals surface area contributed by atoms with Crippen LogP contribution in [-0.2, 0) is 0 Å². The van der Waals surface area contributed by atoms with Crippen LogP contribution < -0.4 is 15.8 Å². The molecule has 3 aromatic rings. The van der Waals surface area contributed by atoms with Gasteiger partial charge in [0.1, 0.15) is 5.56 Å². The first-order valence-corrected chi connectivity index (χ1v) is 11.7. The number of hydrogen-bond acceptors (Lipinski definition) is 6. The van der Waals surface area contributed by atoms with Gasteiger partial charge in [-0.3, -0.25) is 4.79 Å². The minimum atomic E-state index is -0.684. The van der Waals surface area contributed by atoms with Crippen LogP contribution in [0.15, 0.2) is 36.4 Å². The van der Waals surface area contributed by atoms with Gasteiger partial charge in [-0.2, -0.15) is 4.98 Å². The number of aryl methyl sites for hydroxylation is 2. The lowest BCUT2D eigenvalue weighted by Gasteiger charge is -2.30. The highest BCUT2D eigenvalue weighted by molar-refractivity contribution is 6.33. The van der Waals surface area contributed by atoms with Crippen LogP contribution in [0.4, 0.5) is 11.6 Å². The van der Waals surface area contributed by atoms with Gasteiger partial charge in [0.05, 0.1) is 17.8 Å². The van der Waals surface area contributed by atoms with Crippen molar-refractivity contribution in [1.82, 2.24) is 14.9 Å². The summed E-state index contributed by atoms with van der Waals surface area (Å²) in [6.45, 7) is 6.27. The zero-order valence-electron chi connectivity index (χ0n) is 20.0. The Bertz CT molecular complexity index is 1200. The van der Waals surface area contributed by atoms with E-state index < -0.39 is 5.91 Å². The van der Waals surface area contributed by atoms with Crippen molar-refractivity contribution in [3.05, 3.63) is 63.7 Å². The number of hydrogen-bond donors (Lipinski definition) is 2. The number of carbonyl (C=O) groups is 1. The number of halogens is 1. The SMILES string of the molecule is COc1nc(Nc2ccc(C3CCN(C)CC3)c(C)c2)nc(-c2c(C)cccc2Cl)c1C(N)=O. The van der Waals surface area contributed by atoms with Gasteiger partial charge in [-0.1, -0.05) is 29.8 Å². The molecule has 3 N–H and O–H groups in total. The molecule has 1 saturated heterocycles. The van der Waals surface area contributed by atoms with Crippen molar-refractivity contribution in [3.63, 3.8) is 0 Å². The summed E-state index contributed by atoms with van der Waals surface area (Å²) < 4.78 is 5.42. The molecule has 4 rings (SSSR count). The third-order valence-electron chi connectivity index (χ3n) is 6.46. The molecule has 1 fully saturated rings. The Hall–Kier alpha value is -3.16. The van der Waals surface area contributed by atoms with Gasteiger partial charge in [0, 0.05) is 11.3 Å². The molecule has 8 heteroatoms. The number of benzene rings is 2. The fourth-order valence-electron chi connectivity index (χ4n) is 4.64. The molecule has 7 nitrogen and oxygen atoms in total. The Balaban J connectivity index is 1.71. The Morgan fingerprint density at radius 1 is 1.15 bits per heavy atom. The van der Waals surface area contributed by atoms with Gasteiger partial charge in [-0.15, -0.1) is 0 Å². The Morgan fingerprint density at radius 2 is 1.88 bits per heavy atom. The summed E-state index contributed by atoms with van der Waals surface area (Å²) in [5.41, 5.74) is 11.1. The minimum absolute atomic E-state index is 0.0954. The maximum Gasteiger partial charge on any atom is 0.256 e. The van der Waals surface area contributed by atoms with Crippen LogP contribution in [0, 0.1) is 13.8 Å². The van der Waals surface area contributed by atoms with E-state index in [1.54, 1.807) is 6.07 Å². The number of amides is 1. The molecule has 178 valence electrons. The summed E-state index contributed by atoms with van der Waals surface area (Å²) in [6, 6.07) is 11.8. The number of piperidine rings is 1. The second-order valence-corrected chi connectivity index (χ2v) is 9.26. The lowest BCUT2D eigenvalue weighted by molar-refractivity contribution is 0.0997. The fourth-order valence-corrected chi connectivity index (χ4v) is 4.95. The number of nitrogens with zero attached hydrogens (tertiary/aromatic N) is 3. The molecule has 1 amide bonds. The van der Waals surface area contributed by atoms with E-state index in [-0.39, 0.29) is 11.4 Å². The van der Waals surface area contributed by atoms with Crippen molar-refractivity contribution in [2.75, 3.05) is 32.6 Å². The monoisotopic (exact) mass is 479 g/mol. The second kappa shape index (κ2) is 9.99. The smallest absolute Gasteiger partial charge is 0.256 e. The minimum Gasteiger partial charge on any atom is -0.480 e. The van der Waals surface area contributed by atoms with E-state index in [0.29, 0.717) is 28.1 Å². The average Bonchev–Trinajstić information content (AvgIpc) is 2.79. The number of carbonyl (C=O) groups excluding carboxylic acids is 1. The van der Waals surface area contributed by atoms with Crippen LogP contribution in [0.3, 0.4) is 0 Å². The number of nitrogens with two attached hydrogens (primary N) is 1. The van der Waals surface area contributed by atoms with Gasteiger partial charge >= 0.3 is 0 Å². The number of aromatic nitrogens is 2. The zero-order valence-corrected chi connectivity index (χ0v) is 20.7. The van der Waals surface area contributed by atoms with Crippen LogP contribution in [0.1, 0.15) is 45.8 Å². The third kappa shape index (κ3) is 4.86. The quantitative estimate of drug-likeness (QED) is 0.512. The van der Waals surface area contributed by atoms with Gasteiger partial charge < -0.3 is 20.7 Å². The Labute approximate surface area is 205 Å². The number of anilines is 2. The van der Waals surface area contributed by atoms with Gasteiger partial charge in [-0.25, -0.2) is 4.98 Å². The average molecular weight is 480 g/mol. The summed E-state index contributed by atoms with van der Waals surface area (Å²) in [5.74, 6) is 0.281. The second-order valence-electron chi connectivity index (χ2n) is 8.85. The molecular formula is C26H30ClN5O2. The van der Waals surface area contributed by atoms with Crippen LogP contribution in [0.2, 0.25) is 5.02 Å². The third-order valence-corrected chi connectivity index (χ3v) is 6.77. The normalized spacial score (nSPS) is 14.7. The van der Waals surface area contributed by atoms with Crippen LogP contribution in [0.5, 0.6) is 5.88 Å². The highest BCUT2D eigenvalue weighted by Gasteiger charge is 2.24. The summed E-state index contributed by atoms with van der Waals surface area (Å²) in [5, 5.41) is 3.73.